The maximum Gasteiger partial charge on any atom is 0.180 e. The van der Waals surface area contributed by atoms with Crippen LogP contribution >= 0.6 is 15.9 Å². The standard InChI is InChI=1S/C13H9BrN6/c14-9-2-1-8(6-15)10(5-9)18-12-13-17-3-4-20(13)7-11(16)19-12/h1-5,7H,16H2,(H,18,19). The second-order valence-corrected chi connectivity index (χ2v) is 5.01. The van der Waals surface area contributed by atoms with Crippen molar-refractivity contribution in [1.29, 1.82) is 5.26 Å². The first-order chi connectivity index (χ1) is 9.67. The Morgan fingerprint density at radius 2 is 2.25 bits per heavy atom. The summed E-state index contributed by atoms with van der Waals surface area (Å²) in [6, 6.07) is 7.47. The van der Waals surface area contributed by atoms with Gasteiger partial charge in [-0.25, -0.2) is 9.97 Å². The van der Waals surface area contributed by atoms with E-state index in [1.54, 1.807) is 29.1 Å². The number of nitrogens with one attached hydrogen (secondary N) is 1. The summed E-state index contributed by atoms with van der Waals surface area (Å²) in [6.07, 6.45) is 5.12. The van der Waals surface area contributed by atoms with Crippen molar-refractivity contribution in [3.8, 4) is 6.07 Å². The quantitative estimate of drug-likeness (QED) is 0.754. The van der Waals surface area contributed by atoms with Crippen LogP contribution in [-0.4, -0.2) is 14.4 Å². The molecule has 0 aliphatic carbocycles. The van der Waals surface area contributed by atoms with Gasteiger partial charge in [-0.3, -0.25) is 0 Å². The van der Waals surface area contributed by atoms with Gasteiger partial charge in [0, 0.05) is 16.9 Å². The molecule has 6 nitrogen and oxygen atoms in total. The van der Waals surface area contributed by atoms with Crippen LogP contribution < -0.4 is 11.1 Å². The lowest BCUT2D eigenvalue weighted by Crippen LogP contribution is -2.03. The van der Waals surface area contributed by atoms with Gasteiger partial charge in [0.1, 0.15) is 11.9 Å². The third-order valence-electron chi connectivity index (χ3n) is 2.75. The Labute approximate surface area is 123 Å². The Balaban J connectivity index is 2.12. The molecular formula is C13H9BrN6. The number of anilines is 3. The Kier molecular flexibility index (Phi) is 3.00. The average molecular weight is 329 g/mol. The number of nitrogens with two attached hydrogens (primary N) is 1. The molecule has 98 valence electrons. The number of imidazole rings is 1. The Morgan fingerprint density at radius 3 is 3.05 bits per heavy atom. The van der Waals surface area contributed by atoms with Crippen LogP contribution in [0.1, 0.15) is 5.56 Å². The zero-order valence-corrected chi connectivity index (χ0v) is 11.8. The monoisotopic (exact) mass is 328 g/mol. The van der Waals surface area contributed by atoms with Gasteiger partial charge < -0.3 is 15.5 Å². The number of rotatable bonds is 2. The van der Waals surface area contributed by atoms with Crippen LogP contribution in [0.15, 0.2) is 41.3 Å². The fourth-order valence-electron chi connectivity index (χ4n) is 1.88. The highest BCUT2D eigenvalue weighted by atomic mass is 79.9. The van der Waals surface area contributed by atoms with Gasteiger partial charge >= 0.3 is 0 Å². The van der Waals surface area contributed by atoms with Gasteiger partial charge in [0.05, 0.1) is 17.4 Å². The number of nitrogens with zero attached hydrogens (tertiary/aromatic N) is 4. The van der Waals surface area contributed by atoms with E-state index < -0.39 is 0 Å². The fraction of sp³-hybridized carbons (Fsp3) is 0. The van der Waals surface area contributed by atoms with Crippen molar-refractivity contribution in [2.45, 2.75) is 0 Å². The number of fused-ring (bicyclic) bond motifs is 1. The molecule has 20 heavy (non-hydrogen) atoms. The number of nitrogen functional groups attached to an aromatic ring is 1. The van der Waals surface area contributed by atoms with Crippen LogP contribution in [0, 0.1) is 11.3 Å². The topological polar surface area (TPSA) is 92.0 Å². The lowest BCUT2D eigenvalue weighted by molar-refractivity contribution is 1.14. The summed E-state index contributed by atoms with van der Waals surface area (Å²) < 4.78 is 2.64. The first-order valence-electron chi connectivity index (χ1n) is 5.73. The molecule has 2 heterocycles. The summed E-state index contributed by atoms with van der Waals surface area (Å²) in [6.45, 7) is 0. The van der Waals surface area contributed by atoms with E-state index in [-0.39, 0.29) is 0 Å². The molecule has 0 unspecified atom stereocenters. The maximum atomic E-state index is 9.14. The highest BCUT2D eigenvalue weighted by Crippen LogP contribution is 2.25. The van der Waals surface area contributed by atoms with Crippen molar-refractivity contribution < 1.29 is 0 Å². The summed E-state index contributed by atoms with van der Waals surface area (Å²) in [7, 11) is 0. The van der Waals surface area contributed by atoms with E-state index in [4.69, 9.17) is 11.0 Å². The largest absolute Gasteiger partial charge is 0.382 e. The van der Waals surface area contributed by atoms with E-state index in [9.17, 15) is 0 Å². The first kappa shape index (κ1) is 12.4. The van der Waals surface area contributed by atoms with Crippen molar-refractivity contribution in [2.24, 2.45) is 0 Å². The van der Waals surface area contributed by atoms with E-state index in [0.717, 1.165) is 4.47 Å². The van der Waals surface area contributed by atoms with E-state index in [1.807, 2.05) is 12.1 Å². The minimum atomic E-state index is 0.367. The molecule has 0 bridgehead atoms. The summed E-state index contributed by atoms with van der Waals surface area (Å²) in [5.41, 5.74) is 7.56. The second-order valence-electron chi connectivity index (χ2n) is 4.10. The molecule has 1 aromatic carbocycles. The molecule has 0 amide bonds. The normalized spacial score (nSPS) is 10.4. The number of aromatic nitrogens is 3. The predicted octanol–water partition coefficient (Wildman–Crippen LogP) is 2.69. The third-order valence-corrected chi connectivity index (χ3v) is 3.24. The van der Waals surface area contributed by atoms with Gasteiger partial charge in [-0.15, -0.1) is 0 Å². The molecule has 0 fully saturated rings. The number of nitriles is 1. The molecule has 3 rings (SSSR count). The number of halogens is 1. The molecule has 2 aromatic heterocycles. The van der Waals surface area contributed by atoms with E-state index in [0.29, 0.717) is 28.5 Å². The van der Waals surface area contributed by atoms with Gasteiger partial charge in [0.25, 0.3) is 0 Å². The van der Waals surface area contributed by atoms with Crippen molar-refractivity contribution in [2.75, 3.05) is 11.1 Å². The van der Waals surface area contributed by atoms with Crippen molar-refractivity contribution >= 4 is 38.9 Å². The SMILES string of the molecule is N#Cc1ccc(Br)cc1Nc1nc(N)cn2ccnc12. The lowest BCUT2D eigenvalue weighted by Gasteiger charge is -2.09. The minimum Gasteiger partial charge on any atom is -0.382 e. The Hall–Kier alpha value is -2.59. The van der Waals surface area contributed by atoms with Crippen LogP contribution in [0.3, 0.4) is 0 Å². The molecule has 3 N–H and O–H groups in total. The smallest absolute Gasteiger partial charge is 0.180 e. The van der Waals surface area contributed by atoms with Crippen LogP contribution in [-0.2, 0) is 0 Å². The van der Waals surface area contributed by atoms with Crippen LogP contribution in [0.2, 0.25) is 0 Å². The molecule has 0 saturated heterocycles. The average Bonchev–Trinajstić information content (AvgIpc) is 2.87. The maximum absolute atomic E-state index is 9.14. The molecular weight excluding hydrogens is 320 g/mol. The van der Waals surface area contributed by atoms with Gasteiger partial charge in [-0.05, 0) is 18.2 Å². The van der Waals surface area contributed by atoms with Crippen LogP contribution in [0.4, 0.5) is 17.3 Å². The zero-order chi connectivity index (χ0) is 14.1. The molecule has 0 spiro atoms. The van der Waals surface area contributed by atoms with Crippen molar-refractivity contribution in [1.82, 2.24) is 14.4 Å². The Bertz CT molecular complexity index is 832. The van der Waals surface area contributed by atoms with Crippen LogP contribution in [0.5, 0.6) is 0 Å². The van der Waals surface area contributed by atoms with Crippen LogP contribution in [0.25, 0.3) is 5.65 Å². The Morgan fingerprint density at radius 1 is 1.40 bits per heavy atom. The fourth-order valence-corrected chi connectivity index (χ4v) is 2.24. The molecule has 7 heteroatoms. The van der Waals surface area contributed by atoms with Crippen molar-refractivity contribution in [3.05, 3.63) is 46.8 Å². The van der Waals surface area contributed by atoms with Gasteiger partial charge in [-0.1, -0.05) is 15.9 Å². The molecule has 3 aromatic rings. The van der Waals surface area contributed by atoms with Crippen molar-refractivity contribution in [3.63, 3.8) is 0 Å². The summed E-state index contributed by atoms with van der Waals surface area (Å²) in [5.74, 6) is 0.871. The second kappa shape index (κ2) is 4.83. The molecule has 0 atom stereocenters. The summed E-state index contributed by atoms with van der Waals surface area (Å²) in [5, 5.41) is 12.3. The highest BCUT2D eigenvalue weighted by Gasteiger charge is 2.09. The highest BCUT2D eigenvalue weighted by molar-refractivity contribution is 9.10. The number of hydrogen-bond acceptors (Lipinski definition) is 5. The van der Waals surface area contributed by atoms with Gasteiger partial charge in [-0.2, -0.15) is 5.26 Å². The summed E-state index contributed by atoms with van der Waals surface area (Å²) in [4.78, 5) is 8.45. The minimum absolute atomic E-state index is 0.367. The van der Waals surface area contributed by atoms with E-state index in [2.05, 4.69) is 37.3 Å². The number of hydrogen-bond donors (Lipinski definition) is 2. The third kappa shape index (κ3) is 2.17. The lowest BCUT2D eigenvalue weighted by atomic mass is 10.2. The molecule has 0 saturated carbocycles. The van der Waals surface area contributed by atoms with E-state index >= 15 is 0 Å². The number of benzene rings is 1. The molecule has 0 radical (unpaired) electrons. The molecule has 0 aliphatic heterocycles. The first-order valence-corrected chi connectivity index (χ1v) is 6.52. The van der Waals surface area contributed by atoms with E-state index in [1.165, 1.54) is 0 Å². The predicted molar refractivity (Wildman–Crippen MR) is 79.5 cm³/mol. The summed E-state index contributed by atoms with van der Waals surface area (Å²) >= 11 is 3.38. The molecule has 0 aliphatic rings. The van der Waals surface area contributed by atoms with Gasteiger partial charge in [0.15, 0.2) is 11.5 Å². The van der Waals surface area contributed by atoms with Gasteiger partial charge in [0.2, 0.25) is 0 Å². The zero-order valence-electron chi connectivity index (χ0n) is 10.2.